The highest BCUT2D eigenvalue weighted by Crippen LogP contribution is 2.25. The molecule has 5 heteroatoms. The number of methoxy groups -OCH3 is 2. The first kappa shape index (κ1) is 20.9. The number of Topliss-reactive ketones (excluding diaryl/α,β-unsaturated/α-hetero) is 1. The summed E-state index contributed by atoms with van der Waals surface area (Å²) < 4.78 is 15.5. The van der Waals surface area contributed by atoms with Crippen molar-refractivity contribution in [2.75, 3.05) is 20.8 Å². The van der Waals surface area contributed by atoms with E-state index in [4.69, 9.17) is 14.2 Å². The summed E-state index contributed by atoms with van der Waals surface area (Å²) >= 11 is 0. The quantitative estimate of drug-likeness (QED) is 0.307. The van der Waals surface area contributed by atoms with Gasteiger partial charge in [0, 0.05) is 17.2 Å². The summed E-state index contributed by atoms with van der Waals surface area (Å²) in [6.07, 6.45) is 2.81. The fourth-order valence-corrected chi connectivity index (χ4v) is 2.87. The number of rotatable bonds is 8. The summed E-state index contributed by atoms with van der Waals surface area (Å²) in [4.78, 5) is 24.3. The van der Waals surface area contributed by atoms with Crippen LogP contribution in [0.3, 0.4) is 0 Å². The van der Waals surface area contributed by atoms with Gasteiger partial charge in [-0.05, 0) is 35.4 Å². The summed E-state index contributed by atoms with van der Waals surface area (Å²) in [6.45, 7) is -0.330. The Hall–Kier alpha value is -3.86. The Balaban J connectivity index is 1.58. The maximum Gasteiger partial charge on any atom is 0.331 e. The maximum atomic E-state index is 12.3. The van der Waals surface area contributed by atoms with E-state index in [1.807, 2.05) is 42.5 Å². The van der Waals surface area contributed by atoms with Crippen LogP contribution in [0.5, 0.6) is 11.5 Å². The molecule has 3 rings (SSSR count). The van der Waals surface area contributed by atoms with E-state index >= 15 is 0 Å². The Morgan fingerprint density at radius 1 is 0.833 bits per heavy atom. The predicted molar refractivity (Wildman–Crippen MR) is 116 cm³/mol. The van der Waals surface area contributed by atoms with Crippen molar-refractivity contribution in [1.82, 2.24) is 0 Å². The number of hydrogen-bond donors (Lipinski definition) is 0. The molecule has 3 aromatic carbocycles. The SMILES string of the molecule is COc1ccc(OC)c(/C=C/C(=O)OCC(=O)c2ccc(-c3ccccc3)cc2)c1. The lowest BCUT2D eigenvalue weighted by molar-refractivity contribution is -0.136. The number of carbonyl (C=O) groups excluding carboxylic acids is 2. The smallest absolute Gasteiger partial charge is 0.331 e. The highest BCUT2D eigenvalue weighted by molar-refractivity contribution is 5.99. The van der Waals surface area contributed by atoms with E-state index in [2.05, 4.69) is 0 Å². The molecule has 0 bridgehead atoms. The molecule has 0 aromatic heterocycles. The van der Waals surface area contributed by atoms with Gasteiger partial charge in [0.25, 0.3) is 0 Å². The Morgan fingerprint density at radius 2 is 1.53 bits per heavy atom. The summed E-state index contributed by atoms with van der Waals surface area (Å²) in [7, 11) is 3.10. The average molecular weight is 402 g/mol. The van der Waals surface area contributed by atoms with Crippen LogP contribution in [0, 0.1) is 0 Å². The second-order valence-corrected chi connectivity index (χ2v) is 6.42. The number of benzene rings is 3. The molecule has 0 saturated carbocycles. The fraction of sp³-hybridized carbons (Fsp3) is 0.120. The van der Waals surface area contributed by atoms with Gasteiger partial charge in [0.2, 0.25) is 0 Å². The molecule has 0 aliphatic carbocycles. The first-order valence-corrected chi connectivity index (χ1v) is 9.36. The van der Waals surface area contributed by atoms with Gasteiger partial charge in [0.15, 0.2) is 12.4 Å². The summed E-state index contributed by atoms with van der Waals surface area (Å²) in [6, 6.07) is 22.3. The number of ether oxygens (including phenoxy) is 3. The van der Waals surface area contributed by atoms with Gasteiger partial charge in [-0.1, -0.05) is 54.6 Å². The van der Waals surface area contributed by atoms with Gasteiger partial charge in [-0.25, -0.2) is 4.79 Å². The van der Waals surface area contributed by atoms with E-state index in [9.17, 15) is 9.59 Å². The van der Waals surface area contributed by atoms with E-state index < -0.39 is 5.97 Å². The average Bonchev–Trinajstić information content (AvgIpc) is 2.81. The molecule has 30 heavy (non-hydrogen) atoms. The number of ketones is 1. The van der Waals surface area contributed by atoms with Crippen LogP contribution in [-0.2, 0) is 9.53 Å². The Labute approximate surface area is 175 Å². The van der Waals surface area contributed by atoms with Gasteiger partial charge in [0.1, 0.15) is 11.5 Å². The lowest BCUT2D eigenvalue weighted by atomic mass is 10.0. The van der Waals surface area contributed by atoms with Crippen molar-refractivity contribution in [2.45, 2.75) is 0 Å². The van der Waals surface area contributed by atoms with Crippen LogP contribution in [0.25, 0.3) is 17.2 Å². The van der Waals surface area contributed by atoms with Crippen LogP contribution in [0.4, 0.5) is 0 Å². The van der Waals surface area contributed by atoms with Gasteiger partial charge in [-0.15, -0.1) is 0 Å². The Morgan fingerprint density at radius 3 is 2.20 bits per heavy atom. The van der Waals surface area contributed by atoms with E-state index in [0.717, 1.165) is 11.1 Å². The second kappa shape index (κ2) is 10.1. The molecule has 0 aliphatic rings. The first-order chi connectivity index (χ1) is 14.6. The van der Waals surface area contributed by atoms with E-state index in [1.165, 1.54) is 6.08 Å². The molecule has 0 saturated heterocycles. The highest BCUT2D eigenvalue weighted by Gasteiger charge is 2.09. The van der Waals surface area contributed by atoms with Crippen molar-refractivity contribution in [3.63, 3.8) is 0 Å². The molecule has 0 atom stereocenters. The molecule has 0 unspecified atom stereocenters. The van der Waals surface area contributed by atoms with Gasteiger partial charge in [-0.3, -0.25) is 4.79 Å². The number of esters is 1. The topological polar surface area (TPSA) is 61.8 Å². The van der Waals surface area contributed by atoms with Gasteiger partial charge in [0.05, 0.1) is 14.2 Å². The first-order valence-electron chi connectivity index (χ1n) is 9.36. The molecule has 0 spiro atoms. The van der Waals surface area contributed by atoms with E-state index in [-0.39, 0.29) is 12.4 Å². The largest absolute Gasteiger partial charge is 0.497 e. The van der Waals surface area contributed by atoms with Crippen molar-refractivity contribution in [3.8, 4) is 22.6 Å². The lowest BCUT2D eigenvalue weighted by Crippen LogP contribution is -2.12. The molecule has 0 radical (unpaired) electrons. The van der Waals surface area contributed by atoms with Crippen LogP contribution < -0.4 is 9.47 Å². The van der Waals surface area contributed by atoms with Gasteiger partial charge < -0.3 is 14.2 Å². The molecular formula is C25H22O5. The zero-order valence-electron chi connectivity index (χ0n) is 16.8. The van der Waals surface area contributed by atoms with Gasteiger partial charge in [-0.2, -0.15) is 0 Å². The molecule has 0 aliphatic heterocycles. The summed E-state index contributed by atoms with van der Waals surface area (Å²) in [5.74, 6) is 0.344. The summed E-state index contributed by atoms with van der Waals surface area (Å²) in [5.41, 5.74) is 3.23. The number of carbonyl (C=O) groups is 2. The minimum atomic E-state index is -0.617. The Kier molecular flexibility index (Phi) is 7.00. The second-order valence-electron chi connectivity index (χ2n) is 6.42. The van der Waals surface area contributed by atoms with Crippen molar-refractivity contribution in [1.29, 1.82) is 0 Å². The van der Waals surface area contributed by atoms with E-state index in [1.54, 1.807) is 50.6 Å². The van der Waals surface area contributed by atoms with Crippen LogP contribution in [0.15, 0.2) is 78.9 Å². The third-order valence-corrected chi connectivity index (χ3v) is 4.50. The van der Waals surface area contributed by atoms with Crippen LogP contribution in [-0.4, -0.2) is 32.6 Å². The lowest BCUT2D eigenvalue weighted by Gasteiger charge is -2.07. The molecular weight excluding hydrogens is 380 g/mol. The van der Waals surface area contributed by atoms with Crippen LogP contribution >= 0.6 is 0 Å². The van der Waals surface area contributed by atoms with E-state index in [0.29, 0.717) is 22.6 Å². The standard InChI is InChI=1S/C25H22O5/c1-28-22-13-14-24(29-2)21(16-22)12-15-25(27)30-17-23(26)20-10-8-19(9-11-20)18-6-4-3-5-7-18/h3-16H,17H2,1-2H3/b15-12+. The van der Waals surface area contributed by atoms with Crippen molar-refractivity contribution >= 4 is 17.8 Å². The zero-order valence-corrected chi connectivity index (χ0v) is 16.8. The molecule has 5 nitrogen and oxygen atoms in total. The third-order valence-electron chi connectivity index (χ3n) is 4.50. The maximum absolute atomic E-state index is 12.3. The molecule has 152 valence electrons. The minimum Gasteiger partial charge on any atom is -0.497 e. The molecule has 0 heterocycles. The molecule has 0 amide bonds. The zero-order chi connectivity index (χ0) is 21.3. The molecule has 0 N–H and O–H groups in total. The molecule has 0 fully saturated rings. The number of hydrogen-bond acceptors (Lipinski definition) is 5. The third kappa shape index (κ3) is 5.35. The van der Waals surface area contributed by atoms with Crippen molar-refractivity contribution in [3.05, 3.63) is 90.0 Å². The van der Waals surface area contributed by atoms with Gasteiger partial charge >= 0.3 is 5.97 Å². The van der Waals surface area contributed by atoms with Crippen LogP contribution in [0.1, 0.15) is 15.9 Å². The Bertz CT molecular complexity index is 1040. The van der Waals surface area contributed by atoms with Crippen LogP contribution in [0.2, 0.25) is 0 Å². The normalized spacial score (nSPS) is 10.6. The minimum absolute atomic E-state index is 0.268. The highest BCUT2D eigenvalue weighted by atomic mass is 16.5. The monoisotopic (exact) mass is 402 g/mol. The predicted octanol–water partition coefficient (Wildman–Crippen LogP) is 4.81. The summed E-state index contributed by atoms with van der Waals surface area (Å²) in [5, 5.41) is 0. The van der Waals surface area contributed by atoms with Crippen molar-refractivity contribution < 1.29 is 23.8 Å². The van der Waals surface area contributed by atoms with Crippen molar-refractivity contribution in [2.24, 2.45) is 0 Å². The molecule has 3 aromatic rings. The fourth-order valence-electron chi connectivity index (χ4n) is 2.87.